The predicted octanol–water partition coefficient (Wildman–Crippen LogP) is 2.40. The van der Waals surface area contributed by atoms with E-state index in [1.807, 2.05) is 0 Å². The summed E-state index contributed by atoms with van der Waals surface area (Å²) in [7, 11) is 0. The van der Waals surface area contributed by atoms with Crippen LogP contribution in [0.3, 0.4) is 0 Å². The molecule has 1 nitrogen and oxygen atoms in total. The molecule has 3 rings (SSSR count). The van der Waals surface area contributed by atoms with Gasteiger partial charge in [-0.3, -0.25) is 0 Å². The summed E-state index contributed by atoms with van der Waals surface area (Å²) in [4.78, 5) is 10.8. The van der Waals surface area contributed by atoms with Crippen molar-refractivity contribution < 1.29 is 4.79 Å². The monoisotopic (exact) mass is 164 g/mol. The molecule has 3 fully saturated rings. The van der Waals surface area contributed by atoms with Gasteiger partial charge >= 0.3 is 0 Å². The first-order chi connectivity index (χ1) is 5.89. The molecule has 0 aromatic carbocycles. The summed E-state index contributed by atoms with van der Waals surface area (Å²) in [5.74, 6) is 2.26. The van der Waals surface area contributed by atoms with Crippen molar-refractivity contribution in [3.05, 3.63) is 0 Å². The quantitative estimate of drug-likeness (QED) is 0.544. The van der Waals surface area contributed by atoms with Gasteiger partial charge in [0.1, 0.15) is 6.29 Å². The Bertz CT molecular complexity index is 223. The van der Waals surface area contributed by atoms with Crippen LogP contribution in [0.25, 0.3) is 0 Å². The molecule has 3 saturated carbocycles. The molecule has 0 radical (unpaired) electrons. The second kappa shape index (κ2) is 2.12. The minimum atomic E-state index is 0.487. The molecule has 4 unspecified atom stereocenters. The van der Waals surface area contributed by atoms with Crippen molar-refractivity contribution in [1.29, 1.82) is 0 Å². The zero-order chi connectivity index (χ0) is 8.18. The molecule has 1 spiro atoms. The molecule has 0 aromatic heterocycles. The molecule has 0 bridgehead atoms. The molecular weight excluding hydrogens is 148 g/mol. The fourth-order valence-electron chi connectivity index (χ4n) is 3.78. The molecule has 3 aliphatic rings. The molecule has 1 heteroatoms. The van der Waals surface area contributed by atoms with E-state index < -0.39 is 0 Å². The summed E-state index contributed by atoms with van der Waals surface area (Å²) in [6, 6.07) is 0. The van der Waals surface area contributed by atoms with Crippen molar-refractivity contribution in [2.75, 3.05) is 0 Å². The molecular formula is C11H16O. The van der Waals surface area contributed by atoms with Gasteiger partial charge in [-0.1, -0.05) is 19.3 Å². The molecule has 66 valence electrons. The maximum atomic E-state index is 10.8. The molecule has 0 amide bonds. The highest BCUT2D eigenvalue weighted by molar-refractivity contribution is 5.64. The maximum absolute atomic E-state index is 10.8. The van der Waals surface area contributed by atoms with E-state index in [1.54, 1.807) is 0 Å². The first-order valence-electron chi connectivity index (χ1n) is 5.35. The maximum Gasteiger partial charge on any atom is 0.123 e. The standard InChI is InChI=1S/C11H16O/c12-7-10-9-5-3-1-2-4-8-6-11(8,9)10/h7-10H,1-6H2. The van der Waals surface area contributed by atoms with Crippen LogP contribution in [0.2, 0.25) is 0 Å². The van der Waals surface area contributed by atoms with E-state index in [9.17, 15) is 4.79 Å². The second-order valence-corrected chi connectivity index (χ2v) is 4.92. The Kier molecular flexibility index (Phi) is 1.26. The van der Waals surface area contributed by atoms with E-state index in [0.717, 1.165) is 11.8 Å². The van der Waals surface area contributed by atoms with E-state index >= 15 is 0 Å². The Morgan fingerprint density at radius 1 is 1.17 bits per heavy atom. The van der Waals surface area contributed by atoms with Gasteiger partial charge in [0.05, 0.1) is 0 Å². The topological polar surface area (TPSA) is 17.1 Å². The highest BCUT2D eigenvalue weighted by Gasteiger charge is 2.76. The summed E-state index contributed by atoms with van der Waals surface area (Å²) in [5, 5.41) is 0. The molecule has 4 atom stereocenters. The van der Waals surface area contributed by atoms with Gasteiger partial charge in [-0.15, -0.1) is 0 Å². The molecule has 0 aliphatic heterocycles. The van der Waals surface area contributed by atoms with Crippen LogP contribution >= 0.6 is 0 Å². The van der Waals surface area contributed by atoms with Gasteiger partial charge in [0.2, 0.25) is 0 Å². The Balaban J connectivity index is 1.79. The molecule has 0 heterocycles. The van der Waals surface area contributed by atoms with E-state index in [4.69, 9.17) is 0 Å². The summed E-state index contributed by atoms with van der Waals surface area (Å²) < 4.78 is 0. The van der Waals surface area contributed by atoms with Crippen LogP contribution < -0.4 is 0 Å². The molecule has 0 N–H and O–H groups in total. The van der Waals surface area contributed by atoms with Gasteiger partial charge in [0.15, 0.2) is 0 Å². The fourth-order valence-corrected chi connectivity index (χ4v) is 3.78. The van der Waals surface area contributed by atoms with Crippen LogP contribution in [-0.2, 0) is 4.79 Å². The van der Waals surface area contributed by atoms with E-state index in [0.29, 0.717) is 11.3 Å². The van der Waals surface area contributed by atoms with Crippen molar-refractivity contribution in [2.24, 2.45) is 23.2 Å². The van der Waals surface area contributed by atoms with Crippen LogP contribution in [0, 0.1) is 23.2 Å². The van der Waals surface area contributed by atoms with E-state index in [1.165, 1.54) is 44.8 Å². The molecule has 12 heavy (non-hydrogen) atoms. The Labute approximate surface area is 73.5 Å². The average molecular weight is 164 g/mol. The molecule has 0 saturated heterocycles. The number of carbonyl (C=O) groups excluding carboxylic acids is 1. The Morgan fingerprint density at radius 3 is 2.83 bits per heavy atom. The number of aldehydes is 1. The van der Waals surface area contributed by atoms with Crippen LogP contribution in [0.1, 0.15) is 38.5 Å². The van der Waals surface area contributed by atoms with Gasteiger partial charge in [0.25, 0.3) is 0 Å². The third-order valence-corrected chi connectivity index (χ3v) is 4.55. The van der Waals surface area contributed by atoms with Crippen LogP contribution in [0.4, 0.5) is 0 Å². The Hall–Kier alpha value is -0.330. The number of hydrogen-bond acceptors (Lipinski definition) is 1. The fraction of sp³-hybridized carbons (Fsp3) is 0.909. The van der Waals surface area contributed by atoms with Crippen LogP contribution in [-0.4, -0.2) is 6.29 Å². The van der Waals surface area contributed by atoms with Crippen molar-refractivity contribution >= 4 is 6.29 Å². The van der Waals surface area contributed by atoms with Gasteiger partial charge < -0.3 is 4.79 Å². The summed E-state index contributed by atoms with van der Waals surface area (Å²) in [6.07, 6.45) is 9.61. The number of carbonyl (C=O) groups is 1. The minimum Gasteiger partial charge on any atom is -0.303 e. The van der Waals surface area contributed by atoms with Gasteiger partial charge in [-0.25, -0.2) is 0 Å². The van der Waals surface area contributed by atoms with Crippen molar-refractivity contribution in [1.82, 2.24) is 0 Å². The SMILES string of the molecule is O=CC1C2CCCCCC3CC312. The third kappa shape index (κ3) is 0.681. The number of rotatable bonds is 1. The minimum absolute atomic E-state index is 0.487. The lowest BCUT2D eigenvalue weighted by Gasteiger charge is -2.04. The normalized spacial score (nSPS) is 55.8. The number of hydrogen-bond donors (Lipinski definition) is 0. The smallest absolute Gasteiger partial charge is 0.123 e. The summed E-state index contributed by atoms with van der Waals surface area (Å²) in [6.45, 7) is 0. The second-order valence-electron chi connectivity index (χ2n) is 4.92. The average Bonchev–Trinajstić information content (AvgIpc) is 2.90. The van der Waals surface area contributed by atoms with Gasteiger partial charge in [-0.05, 0) is 36.5 Å². The van der Waals surface area contributed by atoms with E-state index in [2.05, 4.69) is 0 Å². The highest BCUT2D eigenvalue weighted by atomic mass is 16.1. The predicted molar refractivity (Wildman–Crippen MR) is 46.7 cm³/mol. The lowest BCUT2D eigenvalue weighted by molar-refractivity contribution is -0.109. The van der Waals surface area contributed by atoms with Crippen molar-refractivity contribution in [3.63, 3.8) is 0 Å². The van der Waals surface area contributed by atoms with E-state index in [-0.39, 0.29) is 0 Å². The third-order valence-electron chi connectivity index (χ3n) is 4.55. The first kappa shape index (κ1) is 7.11. The Morgan fingerprint density at radius 2 is 2.00 bits per heavy atom. The van der Waals surface area contributed by atoms with Crippen LogP contribution in [0.5, 0.6) is 0 Å². The first-order valence-corrected chi connectivity index (χ1v) is 5.35. The summed E-state index contributed by atoms with van der Waals surface area (Å²) in [5.41, 5.74) is 0.585. The zero-order valence-electron chi connectivity index (χ0n) is 7.46. The van der Waals surface area contributed by atoms with Crippen molar-refractivity contribution in [3.8, 4) is 0 Å². The molecule has 3 aliphatic carbocycles. The highest BCUT2D eigenvalue weighted by Crippen LogP contribution is 2.80. The van der Waals surface area contributed by atoms with Gasteiger partial charge in [-0.2, -0.15) is 0 Å². The van der Waals surface area contributed by atoms with Gasteiger partial charge in [0, 0.05) is 5.92 Å². The lowest BCUT2D eigenvalue weighted by atomic mass is 10.0. The van der Waals surface area contributed by atoms with Crippen molar-refractivity contribution in [2.45, 2.75) is 38.5 Å². The lowest BCUT2D eigenvalue weighted by Crippen LogP contribution is -1.92. The largest absolute Gasteiger partial charge is 0.303 e. The molecule has 0 aromatic rings. The van der Waals surface area contributed by atoms with Crippen LogP contribution in [0.15, 0.2) is 0 Å². The zero-order valence-corrected chi connectivity index (χ0v) is 7.46. The summed E-state index contributed by atoms with van der Waals surface area (Å²) >= 11 is 0.